The van der Waals surface area contributed by atoms with Gasteiger partial charge in [0.2, 0.25) is 10.0 Å². The highest BCUT2D eigenvalue weighted by molar-refractivity contribution is 7.89. The molecule has 0 saturated heterocycles. The molecule has 1 rings (SSSR count). The summed E-state index contributed by atoms with van der Waals surface area (Å²) in [7, 11) is -3.74. The molecular formula is C12H24N4O3S. The van der Waals surface area contributed by atoms with E-state index in [4.69, 9.17) is 10.8 Å². The topological polar surface area (TPSA) is 101 Å². The second-order valence-electron chi connectivity index (χ2n) is 4.54. The molecule has 0 saturated carbocycles. The Hall–Kier alpha value is -1.12. The lowest BCUT2D eigenvalue weighted by atomic mass is 10.2. The van der Waals surface area contributed by atoms with Gasteiger partial charge in [-0.2, -0.15) is 9.40 Å². The summed E-state index contributed by atoms with van der Waals surface area (Å²) in [4.78, 5) is 0.0136. The van der Waals surface area contributed by atoms with E-state index < -0.39 is 10.0 Å². The smallest absolute Gasteiger partial charge is 0.248 e. The van der Waals surface area contributed by atoms with E-state index in [2.05, 4.69) is 5.10 Å². The average molecular weight is 304 g/mol. The van der Waals surface area contributed by atoms with E-state index in [9.17, 15) is 8.42 Å². The van der Waals surface area contributed by atoms with Crippen LogP contribution in [0.5, 0.6) is 0 Å². The summed E-state index contributed by atoms with van der Waals surface area (Å²) in [5.41, 5.74) is 5.72. The molecule has 3 N–H and O–H groups in total. The van der Waals surface area contributed by atoms with E-state index in [1.807, 2.05) is 20.8 Å². The zero-order chi connectivity index (χ0) is 15.3. The van der Waals surface area contributed by atoms with Crippen LogP contribution in [0.4, 0.5) is 5.82 Å². The molecule has 1 aromatic rings. The highest BCUT2D eigenvalue weighted by atomic mass is 32.2. The average Bonchev–Trinajstić information content (AvgIpc) is 2.81. The number of sulfonamides is 1. The number of anilines is 1. The maximum Gasteiger partial charge on any atom is 0.248 e. The molecule has 8 heteroatoms. The van der Waals surface area contributed by atoms with Gasteiger partial charge in [0.25, 0.3) is 0 Å². The SMILES string of the molecule is CCC(CC)N(CCO)S(=O)(=O)c1cn(CC)nc1N. The largest absolute Gasteiger partial charge is 0.395 e. The van der Waals surface area contributed by atoms with Crippen molar-refractivity contribution in [2.75, 3.05) is 18.9 Å². The van der Waals surface area contributed by atoms with Crippen LogP contribution in [0, 0.1) is 0 Å². The van der Waals surface area contributed by atoms with Gasteiger partial charge in [-0.1, -0.05) is 13.8 Å². The maximum absolute atomic E-state index is 12.7. The first-order valence-corrected chi connectivity index (χ1v) is 8.31. The molecule has 0 unspecified atom stereocenters. The summed E-state index contributed by atoms with van der Waals surface area (Å²) in [5, 5.41) is 13.1. The van der Waals surface area contributed by atoms with Crippen LogP contribution in [0.1, 0.15) is 33.6 Å². The molecule has 0 bridgehead atoms. The normalized spacial score (nSPS) is 12.5. The van der Waals surface area contributed by atoms with Crippen LogP contribution in [0.25, 0.3) is 0 Å². The molecular weight excluding hydrogens is 280 g/mol. The number of rotatable bonds is 8. The lowest BCUT2D eigenvalue weighted by Crippen LogP contribution is -2.41. The Morgan fingerprint density at radius 3 is 2.40 bits per heavy atom. The molecule has 0 aliphatic carbocycles. The minimum atomic E-state index is -3.74. The predicted octanol–water partition coefficient (Wildman–Crippen LogP) is 0.657. The van der Waals surface area contributed by atoms with Gasteiger partial charge in [0.05, 0.1) is 6.61 Å². The molecule has 0 aromatic carbocycles. The molecule has 0 fully saturated rings. The standard InChI is InChI=1S/C12H24N4O3S/c1-4-10(5-2)16(7-8-17)20(18,19)11-9-15(6-3)14-12(11)13/h9-10,17H,4-8H2,1-3H3,(H2,13,14). The summed E-state index contributed by atoms with van der Waals surface area (Å²) in [6.07, 6.45) is 2.80. The Morgan fingerprint density at radius 2 is 2.00 bits per heavy atom. The van der Waals surface area contributed by atoms with Crippen molar-refractivity contribution in [3.63, 3.8) is 0 Å². The molecule has 1 aromatic heterocycles. The summed E-state index contributed by atoms with van der Waals surface area (Å²) >= 11 is 0. The summed E-state index contributed by atoms with van der Waals surface area (Å²) in [6.45, 7) is 6.09. The van der Waals surface area contributed by atoms with Crippen LogP contribution >= 0.6 is 0 Å². The monoisotopic (exact) mass is 304 g/mol. The molecule has 1 heterocycles. The second-order valence-corrected chi connectivity index (χ2v) is 6.40. The van der Waals surface area contributed by atoms with E-state index in [1.165, 1.54) is 15.2 Å². The van der Waals surface area contributed by atoms with E-state index >= 15 is 0 Å². The molecule has 0 spiro atoms. The van der Waals surface area contributed by atoms with Gasteiger partial charge in [0.15, 0.2) is 5.82 Å². The third-order valence-corrected chi connectivity index (χ3v) is 5.30. The molecule has 20 heavy (non-hydrogen) atoms. The van der Waals surface area contributed by atoms with Crippen LogP contribution < -0.4 is 5.73 Å². The lowest BCUT2D eigenvalue weighted by Gasteiger charge is -2.28. The number of nitrogens with zero attached hydrogens (tertiary/aromatic N) is 3. The summed E-state index contributed by atoms with van der Waals surface area (Å²) < 4.78 is 28.2. The van der Waals surface area contributed by atoms with E-state index in [1.54, 1.807) is 0 Å². The Labute approximate surface area is 120 Å². The number of hydrogen-bond acceptors (Lipinski definition) is 5. The number of hydrogen-bond donors (Lipinski definition) is 2. The first kappa shape index (κ1) is 16.9. The van der Waals surface area contributed by atoms with E-state index in [0.29, 0.717) is 19.4 Å². The summed E-state index contributed by atoms with van der Waals surface area (Å²) in [5.74, 6) is 0.000691. The van der Waals surface area contributed by atoms with Crippen molar-refractivity contribution in [2.24, 2.45) is 0 Å². The van der Waals surface area contributed by atoms with Crippen LogP contribution in [0.2, 0.25) is 0 Å². The van der Waals surface area contributed by atoms with Crippen LogP contribution in [0.3, 0.4) is 0 Å². The van der Waals surface area contributed by atoms with E-state index in [0.717, 1.165) is 0 Å². The second kappa shape index (κ2) is 7.05. The Morgan fingerprint density at radius 1 is 1.40 bits per heavy atom. The Kier molecular flexibility index (Phi) is 5.97. The first-order valence-electron chi connectivity index (χ1n) is 6.87. The maximum atomic E-state index is 12.7. The molecule has 0 aliphatic heterocycles. The number of aromatic nitrogens is 2. The Bertz CT molecular complexity index is 523. The van der Waals surface area contributed by atoms with Gasteiger partial charge in [-0.25, -0.2) is 8.42 Å². The summed E-state index contributed by atoms with van der Waals surface area (Å²) in [6, 6.07) is -0.156. The minimum Gasteiger partial charge on any atom is -0.395 e. The van der Waals surface area contributed by atoms with Gasteiger partial charge in [0, 0.05) is 25.3 Å². The van der Waals surface area contributed by atoms with Gasteiger partial charge in [-0.3, -0.25) is 4.68 Å². The fraction of sp³-hybridized carbons (Fsp3) is 0.750. The van der Waals surface area contributed by atoms with Crippen LogP contribution in [0.15, 0.2) is 11.1 Å². The van der Waals surface area contributed by atoms with Gasteiger partial charge in [0.1, 0.15) is 4.90 Å². The van der Waals surface area contributed by atoms with Crippen LogP contribution in [-0.2, 0) is 16.6 Å². The first-order chi connectivity index (χ1) is 9.42. The van der Waals surface area contributed by atoms with Crippen molar-refractivity contribution in [3.8, 4) is 0 Å². The van der Waals surface area contributed by atoms with Crippen molar-refractivity contribution in [1.82, 2.24) is 14.1 Å². The van der Waals surface area contributed by atoms with Gasteiger partial charge >= 0.3 is 0 Å². The molecule has 116 valence electrons. The van der Waals surface area contributed by atoms with Crippen molar-refractivity contribution >= 4 is 15.8 Å². The third-order valence-electron chi connectivity index (χ3n) is 3.34. The number of aliphatic hydroxyl groups is 1. The predicted molar refractivity (Wildman–Crippen MR) is 77.7 cm³/mol. The zero-order valence-corrected chi connectivity index (χ0v) is 13.1. The lowest BCUT2D eigenvalue weighted by molar-refractivity contribution is 0.219. The Balaban J connectivity index is 3.24. The number of aliphatic hydroxyl groups excluding tert-OH is 1. The fourth-order valence-electron chi connectivity index (χ4n) is 2.20. The van der Waals surface area contributed by atoms with Crippen molar-refractivity contribution in [1.29, 1.82) is 0 Å². The van der Waals surface area contributed by atoms with E-state index in [-0.39, 0.29) is 29.9 Å². The molecule has 0 amide bonds. The van der Waals surface area contributed by atoms with Crippen molar-refractivity contribution < 1.29 is 13.5 Å². The number of aryl methyl sites for hydroxylation is 1. The number of nitrogen functional groups attached to an aromatic ring is 1. The quantitative estimate of drug-likeness (QED) is 0.734. The fourth-order valence-corrected chi connectivity index (χ4v) is 4.02. The molecule has 0 aliphatic rings. The molecule has 0 atom stereocenters. The van der Waals surface area contributed by atoms with Crippen molar-refractivity contribution in [2.45, 2.75) is 51.1 Å². The van der Waals surface area contributed by atoms with Gasteiger partial charge in [-0.05, 0) is 19.8 Å². The molecule has 7 nitrogen and oxygen atoms in total. The zero-order valence-electron chi connectivity index (χ0n) is 12.3. The van der Waals surface area contributed by atoms with Gasteiger partial charge in [-0.15, -0.1) is 0 Å². The highest BCUT2D eigenvalue weighted by Gasteiger charge is 2.32. The highest BCUT2D eigenvalue weighted by Crippen LogP contribution is 2.24. The third kappa shape index (κ3) is 3.31. The number of nitrogens with two attached hydrogens (primary N) is 1. The van der Waals surface area contributed by atoms with Gasteiger partial charge < -0.3 is 10.8 Å². The van der Waals surface area contributed by atoms with Crippen molar-refractivity contribution in [3.05, 3.63) is 6.20 Å². The van der Waals surface area contributed by atoms with Crippen LogP contribution in [-0.4, -0.2) is 46.8 Å². The minimum absolute atomic E-state index is 0.000691. The molecule has 0 radical (unpaired) electrons.